The van der Waals surface area contributed by atoms with Gasteiger partial charge < -0.3 is 15.4 Å². The van der Waals surface area contributed by atoms with Crippen LogP contribution in [0.3, 0.4) is 0 Å². The molecule has 0 bridgehead atoms. The molecule has 0 unspecified atom stereocenters. The maximum Gasteiger partial charge on any atom is 0.268 e. The predicted octanol–water partition coefficient (Wildman–Crippen LogP) is 0.964. The van der Waals surface area contributed by atoms with Gasteiger partial charge in [0.15, 0.2) is 5.78 Å². The Morgan fingerprint density at radius 3 is 2.53 bits per heavy atom. The predicted molar refractivity (Wildman–Crippen MR) is 64.0 cm³/mol. The van der Waals surface area contributed by atoms with E-state index in [1.807, 2.05) is 13.8 Å². The zero-order valence-electron chi connectivity index (χ0n) is 10.3. The van der Waals surface area contributed by atoms with Crippen LogP contribution < -0.4 is 5.32 Å². The molecular formula is C12H18N2O3. The van der Waals surface area contributed by atoms with Gasteiger partial charge in [-0.25, -0.2) is 0 Å². The average molecular weight is 238 g/mol. The molecule has 17 heavy (non-hydrogen) atoms. The molecule has 1 heterocycles. The lowest BCUT2D eigenvalue weighted by molar-refractivity contribution is 0.0892. The molecule has 3 N–H and O–H groups in total. The SMILES string of the molecule is CC(=O)c1c[nH]c(C(=O)N[C@H](CO)C(C)C)c1. The van der Waals surface area contributed by atoms with Gasteiger partial charge in [-0.1, -0.05) is 13.8 Å². The molecule has 0 aromatic carbocycles. The van der Waals surface area contributed by atoms with Crippen LogP contribution in [-0.4, -0.2) is 34.4 Å². The first-order valence-electron chi connectivity index (χ1n) is 5.56. The number of carbonyl (C=O) groups excluding carboxylic acids is 2. The lowest BCUT2D eigenvalue weighted by atomic mass is 10.1. The number of ketones is 1. The summed E-state index contributed by atoms with van der Waals surface area (Å²) in [5.41, 5.74) is 0.801. The molecule has 5 heteroatoms. The molecule has 0 saturated carbocycles. The van der Waals surface area contributed by atoms with Crippen molar-refractivity contribution in [3.8, 4) is 0 Å². The molecular weight excluding hydrogens is 220 g/mol. The second-order valence-corrected chi connectivity index (χ2v) is 4.36. The summed E-state index contributed by atoms with van der Waals surface area (Å²) in [5.74, 6) is -0.265. The number of aromatic amines is 1. The molecule has 1 aromatic heterocycles. The molecule has 0 aliphatic carbocycles. The van der Waals surface area contributed by atoms with Crippen molar-refractivity contribution in [1.82, 2.24) is 10.3 Å². The van der Waals surface area contributed by atoms with Crippen molar-refractivity contribution in [2.45, 2.75) is 26.8 Å². The molecule has 0 aliphatic rings. The smallest absolute Gasteiger partial charge is 0.268 e. The summed E-state index contributed by atoms with van der Waals surface area (Å²) in [6.45, 7) is 5.16. The molecule has 1 amide bonds. The van der Waals surface area contributed by atoms with E-state index in [0.717, 1.165) is 0 Å². The molecule has 1 rings (SSSR count). The lowest BCUT2D eigenvalue weighted by Crippen LogP contribution is -2.41. The number of hydrogen-bond donors (Lipinski definition) is 3. The third-order valence-corrected chi connectivity index (χ3v) is 2.65. The minimum Gasteiger partial charge on any atom is -0.394 e. The van der Waals surface area contributed by atoms with Crippen LogP contribution in [0.2, 0.25) is 0 Å². The monoisotopic (exact) mass is 238 g/mol. The van der Waals surface area contributed by atoms with Crippen LogP contribution in [-0.2, 0) is 0 Å². The normalized spacial score (nSPS) is 12.5. The third kappa shape index (κ3) is 3.42. The summed E-state index contributed by atoms with van der Waals surface area (Å²) in [4.78, 5) is 25.6. The van der Waals surface area contributed by atoms with Crippen molar-refractivity contribution in [2.24, 2.45) is 5.92 Å². The maximum absolute atomic E-state index is 11.8. The van der Waals surface area contributed by atoms with E-state index in [2.05, 4.69) is 10.3 Å². The summed E-state index contributed by atoms with van der Waals surface area (Å²) >= 11 is 0. The first-order valence-corrected chi connectivity index (χ1v) is 5.56. The number of aliphatic hydroxyl groups is 1. The van der Waals surface area contributed by atoms with Crippen molar-refractivity contribution < 1.29 is 14.7 Å². The van der Waals surface area contributed by atoms with E-state index in [9.17, 15) is 9.59 Å². The van der Waals surface area contributed by atoms with Gasteiger partial charge in [0.25, 0.3) is 5.91 Å². The van der Waals surface area contributed by atoms with Crippen molar-refractivity contribution >= 4 is 11.7 Å². The molecule has 0 radical (unpaired) electrons. The lowest BCUT2D eigenvalue weighted by Gasteiger charge is -2.19. The Bertz CT molecular complexity index is 410. The minimum absolute atomic E-state index is 0.0946. The fourth-order valence-electron chi connectivity index (χ4n) is 1.40. The van der Waals surface area contributed by atoms with E-state index in [0.29, 0.717) is 11.3 Å². The van der Waals surface area contributed by atoms with Gasteiger partial charge in [0.1, 0.15) is 5.69 Å². The van der Waals surface area contributed by atoms with Crippen molar-refractivity contribution in [3.63, 3.8) is 0 Å². The van der Waals surface area contributed by atoms with Gasteiger partial charge in [-0.3, -0.25) is 9.59 Å². The Morgan fingerprint density at radius 1 is 1.47 bits per heavy atom. The number of H-pyrrole nitrogens is 1. The van der Waals surface area contributed by atoms with Gasteiger partial charge in [-0.2, -0.15) is 0 Å². The highest BCUT2D eigenvalue weighted by Gasteiger charge is 2.17. The number of rotatable bonds is 5. The van der Waals surface area contributed by atoms with E-state index >= 15 is 0 Å². The van der Waals surface area contributed by atoms with E-state index in [4.69, 9.17) is 5.11 Å². The van der Waals surface area contributed by atoms with Crippen LogP contribution in [0, 0.1) is 5.92 Å². The van der Waals surface area contributed by atoms with Crippen LogP contribution in [0.1, 0.15) is 41.6 Å². The number of Topliss-reactive ketones (excluding diaryl/α,β-unsaturated/α-hetero) is 1. The largest absolute Gasteiger partial charge is 0.394 e. The fourth-order valence-corrected chi connectivity index (χ4v) is 1.40. The summed E-state index contributed by atoms with van der Waals surface area (Å²) in [5, 5.41) is 11.8. The van der Waals surface area contributed by atoms with Gasteiger partial charge in [0.2, 0.25) is 0 Å². The molecule has 1 aromatic rings. The zero-order valence-corrected chi connectivity index (χ0v) is 10.3. The molecule has 0 aliphatic heterocycles. The number of amides is 1. The minimum atomic E-state index is -0.315. The highest BCUT2D eigenvalue weighted by molar-refractivity contribution is 5.99. The number of aliphatic hydroxyl groups excluding tert-OH is 1. The van der Waals surface area contributed by atoms with Crippen LogP contribution in [0.4, 0.5) is 0 Å². The van der Waals surface area contributed by atoms with Crippen molar-refractivity contribution in [1.29, 1.82) is 0 Å². The maximum atomic E-state index is 11.8. The second kappa shape index (κ2) is 5.63. The Morgan fingerprint density at radius 2 is 2.12 bits per heavy atom. The fraction of sp³-hybridized carbons (Fsp3) is 0.500. The summed E-state index contributed by atoms with van der Waals surface area (Å²) in [6, 6.07) is 1.22. The Hall–Kier alpha value is -1.62. The van der Waals surface area contributed by atoms with Crippen LogP contribution in [0.15, 0.2) is 12.3 Å². The van der Waals surface area contributed by atoms with Gasteiger partial charge in [0.05, 0.1) is 12.6 Å². The first-order chi connectivity index (χ1) is 7.95. The standard InChI is InChI=1S/C12H18N2O3/c1-7(2)11(6-15)14-12(17)10-4-9(5-13-10)8(3)16/h4-5,7,11,13,15H,6H2,1-3H3,(H,14,17)/t11-/m1/s1. The quantitative estimate of drug-likeness (QED) is 0.668. The number of hydrogen-bond acceptors (Lipinski definition) is 3. The average Bonchev–Trinajstić information content (AvgIpc) is 2.74. The molecule has 94 valence electrons. The van der Waals surface area contributed by atoms with Gasteiger partial charge in [0, 0.05) is 11.8 Å². The Kier molecular flexibility index (Phi) is 4.45. The highest BCUT2D eigenvalue weighted by atomic mass is 16.3. The number of carbonyl (C=O) groups is 2. The van der Waals surface area contributed by atoms with E-state index < -0.39 is 0 Å². The van der Waals surface area contributed by atoms with Crippen LogP contribution in [0.25, 0.3) is 0 Å². The van der Waals surface area contributed by atoms with Crippen LogP contribution >= 0.6 is 0 Å². The van der Waals surface area contributed by atoms with Gasteiger partial charge in [-0.15, -0.1) is 0 Å². The first kappa shape index (κ1) is 13.4. The molecule has 1 atom stereocenters. The summed E-state index contributed by atoms with van der Waals surface area (Å²) in [6.07, 6.45) is 1.50. The molecule has 0 fully saturated rings. The molecule has 0 spiro atoms. The topological polar surface area (TPSA) is 82.2 Å². The highest BCUT2D eigenvalue weighted by Crippen LogP contribution is 2.06. The molecule has 0 saturated heterocycles. The number of aromatic nitrogens is 1. The number of nitrogens with one attached hydrogen (secondary N) is 2. The van der Waals surface area contributed by atoms with E-state index in [-0.39, 0.29) is 30.3 Å². The van der Waals surface area contributed by atoms with Gasteiger partial charge >= 0.3 is 0 Å². The second-order valence-electron chi connectivity index (χ2n) is 4.36. The van der Waals surface area contributed by atoms with E-state index in [1.165, 1.54) is 19.2 Å². The third-order valence-electron chi connectivity index (χ3n) is 2.65. The van der Waals surface area contributed by atoms with Crippen molar-refractivity contribution in [2.75, 3.05) is 6.61 Å². The van der Waals surface area contributed by atoms with E-state index in [1.54, 1.807) is 0 Å². The Balaban J connectivity index is 2.72. The molecule has 5 nitrogen and oxygen atoms in total. The zero-order chi connectivity index (χ0) is 13.0. The summed E-state index contributed by atoms with van der Waals surface area (Å²) in [7, 11) is 0. The summed E-state index contributed by atoms with van der Waals surface area (Å²) < 4.78 is 0. The van der Waals surface area contributed by atoms with Gasteiger partial charge in [-0.05, 0) is 18.9 Å². The van der Waals surface area contributed by atoms with Crippen LogP contribution in [0.5, 0.6) is 0 Å². The van der Waals surface area contributed by atoms with Crippen molar-refractivity contribution in [3.05, 3.63) is 23.5 Å². The Labute approximate surface area is 100 Å².